The van der Waals surface area contributed by atoms with Crippen molar-refractivity contribution in [1.82, 2.24) is 38.2 Å². The van der Waals surface area contributed by atoms with Gasteiger partial charge in [0.05, 0.1) is 106 Å². The largest absolute Gasteiger partial charge is 0.309 e. The van der Waals surface area contributed by atoms with Crippen LogP contribution in [0.2, 0.25) is 0 Å². The fourth-order valence-electron chi connectivity index (χ4n) is 22.1. The average Bonchev–Trinajstić information content (AvgIpc) is 1.55. The zero-order valence-corrected chi connectivity index (χ0v) is 73.6. The zero-order valence-electron chi connectivity index (χ0n) is 73.6. The zero-order chi connectivity index (χ0) is 89.2. The monoisotopic (exact) mass is 1730 g/mol. The summed E-state index contributed by atoms with van der Waals surface area (Å²) in [6.45, 7) is 0. The minimum atomic E-state index is 0.841. The molecule has 0 fully saturated rings. The third-order valence-corrected chi connectivity index (χ3v) is 28.2. The molecule has 630 valence electrons. The Bertz CT molecular complexity index is 10000. The molecule has 136 heavy (non-hydrogen) atoms. The Kier molecular flexibility index (Phi) is 17.3. The lowest BCUT2D eigenvalue weighted by Crippen LogP contribution is -1.99. The molecule has 0 saturated heterocycles. The molecule has 0 aliphatic rings. The predicted octanol–water partition coefficient (Wildman–Crippen LogP) is 33.7. The van der Waals surface area contributed by atoms with E-state index in [1.807, 2.05) is 30.3 Å². The van der Waals surface area contributed by atoms with Crippen LogP contribution in [0.3, 0.4) is 0 Å². The van der Waals surface area contributed by atoms with Crippen LogP contribution in [0.15, 0.2) is 473 Å². The smallest absolute Gasteiger partial charge is 0.0979 e. The van der Waals surface area contributed by atoms with Gasteiger partial charge in [0.1, 0.15) is 0 Å². The second-order valence-corrected chi connectivity index (χ2v) is 35.8. The van der Waals surface area contributed by atoms with E-state index in [4.69, 9.17) is 19.9 Å². The van der Waals surface area contributed by atoms with Gasteiger partial charge < -0.3 is 18.3 Å². The molecule has 29 rings (SSSR count). The molecule has 0 aliphatic heterocycles. The van der Waals surface area contributed by atoms with Gasteiger partial charge in [0.2, 0.25) is 0 Å². The predicted molar refractivity (Wildman–Crippen MR) is 572 cm³/mol. The number of fused-ring (bicyclic) bond motifs is 23. The molecule has 0 radical (unpaired) electrons. The van der Waals surface area contributed by atoms with Crippen molar-refractivity contribution >= 4 is 185 Å². The van der Waals surface area contributed by atoms with Crippen LogP contribution < -0.4 is 0 Å². The van der Waals surface area contributed by atoms with Crippen LogP contribution in [0.5, 0.6) is 0 Å². The summed E-state index contributed by atoms with van der Waals surface area (Å²) in [6.07, 6.45) is 0. The van der Waals surface area contributed by atoms with Crippen molar-refractivity contribution in [3.05, 3.63) is 473 Å². The second kappa shape index (κ2) is 30.7. The first-order valence-corrected chi connectivity index (χ1v) is 46.5. The molecule has 8 heteroatoms. The standard InChI is InChI=1S/C68H42N4.C60H36N4/c1-3-18-43(19-4-1)48-38-49(44-20-5-2-6-21-44)40-50(39-48)66-67(70-59-31-13-12-30-58(59)69-66)55-29-15-28-53-52(55)27-16-33-60(53)71-62-34-17-35-63(65(62)57-41-46-23-7-8-24-47(46)42-64(57)71)72-61-32-14-11-26-54(61)56-37-36-45-22-9-10-25-51(45)68(56)72;1-2-16-40-36-56-50(35-39(40)15-1)57-54(25-12-26-55(57)64-53-24-10-7-20-47(53)49-32-30-38-14-4-6-19-46(38)60(49)64)63(56)44-31-29-41-33-43(28-27-42(41)34-44)58-59(62-52-23-9-8-22-51(52)61-58)48-21-11-17-37-13-3-5-18-45(37)48/h1-42H;1-36H. The Morgan fingerprint density at radius 3 is 1.05 bits per heavy atom. The Morgan fingerprint density at radius 2 is 0.500 bits per heavy atom. The Balaban J connectivity index is 0.000000136. The normalized spacial score (nSPS) is 12.0. The highest BCUT2D eigenvalue weighted by atomic mass is 15.0. The molecule has 6 aromatic heterocycles. The average molecular weight is 1730 g/mol. The second-order valence-electron chi connectivity index (χ2n) is 35.8. The summed E-state index contributed by atoms with van der Waals surface area (Å²) < 4.78 is 10.00. The van der Waals surface area contributed by atoms with Crippen LogP contribution >= 0.6 is 0 Å². The van der Waals surface area contributed by atoms with Gasteiger partial charge in [-0.25, -0.2) is 19.9 Å². The van der Waals surface area contributed by atoms with Crippen LogP contribution in [-0.4, -0.2) is 38.2 Å². The van der Waals surface area contributed by atoms with Crippen molar-refractivity contribution in [2.75, 3.05) is 0 Å². The molecule has 0 atom stereocenters. The number of nitrogens with zero attached hydrogens (tertiary/aromatic N) is 8. The maximum absolute atomic E-state index is 5.54. The van der Waals surface area contributed by atoms with E-state index in [2.05, 4.69) is 461 Å². The minimum Gasteiger partial charge on any atom is -0.309 e. The minimum absolute atomic E-state index is 0.841. The van der Waals surface area contributed by atoms with Gasteiger partial charge in [-0.05, 0) is 209 Å². The van der Waals surface area contributed by atoms with E-state index in [0.29, 0.717) is 0 Å². The van der Waals surface area contributed by atoms with Crippen LogP contribution in [0.1, 0.15) is 0 Å². The Morgan fingerprint density at radius 1 is 0.147 bits per heavy atom. The van der Waals surface area contributed by atoms with Gasteiger partial charge in [-0.2, -0.15) is 0 Å². The maximum Gasteiger partial charge on any atom is 0.0979 e. The van der Waals surface area contributed by atoms with Crippen molar-refractivity contribution in [2.24, 2.45) is 0 Å². The third kappa shape index (κ3) is 12.1. The Hall–Kier alpha value is -18.2. The number of hydrogen-bond acceptors (Lipinski definition) is 4. The van der Waals surface area contributed by atoms with Crippen LogP contribution in [0.4, 0.5) is 0 Å². The van der Waals surface area contributed by atoms with Gasteiger partial charge in [-0.3, -0.25) is 0 Å². The number of para-hydroxylation sites is 6. The summed E-state index contributed by atoms with van der Waals surface area (Å²) in [7, 11) is 0. The van der Waals surface area contributed by atoms with E-state index < -0.39 is 0 Å². The molecule has 0 amide bonds. The third-order valence-electron chi connectivity index (χ3n) is 28.2. The highest BCUT2D eigenvalue weighted by molar-refractivity contribution is 6.25. The van der Waals surface area contributed by atoms with Crippen LogP contribution in [0, 0.1) is 0 Å². The first kappa shape index (κ1) is 76.6. The van der Waals surface area contributed by atoms with E-state index >= 15 is 0 Å². The quantitative estimate of drug-likeness (QED) is 0.137. The van der Waals surface area contributed by atoms with Crippen molar-refractivity contribution < 1.29 is 0 Å². The van der Waals surface area contributed by atoms with Crippen molar-refractivity contribution in [1.29, 1.82) is 0 Å². The van der Waals surface area contributed by atoms with E-state index in [-0.39, 0.29) is 0 Å². The number of hydrogen-bond donors (Lipinski definition) is 0. The summed E-state index contributed by atoms with van der Waals surface area (Å²) in [4.78, 5) is 21.6. The summed E-state index contributed by atoms with van der Waals surface area (Å²) in [5.74, 6) is 0. The fraction of sp³-hybridized carbons (Fsp3) is 0. The molecule has 6 heterocycles. The van der Waals surface area contributed by atoms with E-state index in [9.17, 15) is 0 Å². The molecule has 23 aromatic carbocycles. The maximum atomic E-state index is 5.54. The highest BCUT2D eigenvalue weighted by Crippen LogP contribution is 2.49. The summed E-state index contributed by atoms with van der Waals surface area (Å²) in [5.41, 5.74) is 29.6. The SMILES string of the molecule is c1ccc(-c2cc(-c3ccccc3)cc(-c3nc4ccccc4nc3-c3cccc4c(-n5c6cc7ccccc7cc6c6c(-n7c8ccccc8c8ccc9ccccc9c87)cccc65)cccc34)c2)cc1.c1ccc2cc3c(cc2c1)c1c(-n2c4ccccc4c4ccc5ccccc5c42)cccc1n3-c1ccc2cc(-c3nc4ccccc4nc3-c3cccc4ccccc34)ccc2c1. The van der Waals surface area contributed by atoms with Gasteiger partial charge in [-0.1, -0.05) is 346 Å². The molecule has 0 unspecified atom stereocenters. The first-order chi connectivity index (χ1) is 67.4. The van der Waals surface area contributed by atoms with E-state index in [1.165, 1.54) is 125 Å². The van der Waals surface area contributed by atoms with Crippen molar-refractivity contribution in [2.45, 2.75) is 0 Å². The molecule has 29 aromatic rings. The van der Waals surface area contributed by atoms with Gasteiger partial charge >= 0.3 is 0 Å². The van der Waals surface area contributed by atoms with Gasteiger partial charge in [0, 0.05) is 87.2 Å². The lowest BCUT2D eigenvalue weighted by Gasteiger charge is -2.17. The van der Waals surface area contributed by atoms with E-state index in [1.54, 1.807) is 0 Å². The fourth-order valence-corrected chi connectivity index (χ4v) is 22.1. The molecule has 0 bridgehead atoms. The summed E-state index contributed by atoms with van der Waals surface area (Å²) in [6, 6.07) is 172. The topological polar surface area (TPSA) is 71.3 Å². The van der Waals surface area contributed by atoms with Crippen LogP contribution in [0.25, 0.3) is 275 Å². The first-order valence-electron chi connectivity index (χ1n) is 46.5. The molecule has 0 spiro atoms. The lowest BCUT2D eigenvalue weighted by molar-refractivity contribution is 1.18. The van der Waals surface area contributed by atoms with Crippen molar-refractivity contribution in [3.63, 3.8) is 0 Å². The number of rotatable bonds is 10. The van der Waals surface area contributed by atoms with Crippen LogP contribution in [-0.2, 0) is 0 Å². The molecular formula is C128H78N8. The highest BCUT2D eigenvalue weighted by Gasteiger charge is 2.28. The lowest BCUT2D eigenvalue weighted by atomic mass is 9.92. The molecule has 0 saturated carbocycles. The van der Waals surface area contributed by atoms with Crippen molar-refractivity contribution in [3.8, 4) is 90.0 Å². The summed E-state index contributed by atoms with van der Waals surface area (Å²) >= 11 is 0. The van der Waals surface area contributed by atoms with Gasteiger partial charge in [0.15, 0.2) is 0 Å². The van der Waals surface area contributed by atoms with E-state index in [0.717, 1.165) is 150 Å². The molecule has 8 nitrogen and oxygen atoms in total. The number of aromatic nitrogens is 8. The molecule has 0 aliphatic carbocycles. The summed E-state index contributed by atoms with van der Waals surface area (Å²) in [5, 5.41) is 26.5. The van der Waals surface area contributed by atoms with Gasteiger partial charge in [-0.15, -0.1) is 0 Å². The molecule has 0 N–H and O–H groups in total. The Labute approximate surface area is 780 Å². The van der Waals surface area contributed by atoms with Gasteiger partial charge in [0.25, 0.3) is 0 Å². The molecular weight excluding hydrogens is 1650 g/mol. The number of benzene rings is 23.